The van der Waals surface area contributed by atoms with E-state index in [1.54, 1.807) is 6.07 Å². The fraction of sp³-hybridized carbons (Fsp3) is 0.333. The van der Waals surface area contributed by atoms with Gasteiger partial charge in [0.25, 0.3) is 11.6 Å². The van der Waals surface area contributed by atoms with Crippen LogP contribution in [0, 0.1) is 19.8 Å². The molecule has 1 atom stereocenters. The van der Waals surface area contributed by atoms with E-state index >= 15 is 0 Å². The van der Waals surface area contributed by atoms with Crippen LogP contribution in [0.15, 0.2) is 34.9 Å². The van der Waals surface area contributed by atoms with Gasteiger partial charge in [-0.05, 0) is 38.0 Å². The van der Waals surface area contributed by atoms with E-state index in [4.69, 9.17) is 9.51 Å². The van der Waals surface area contributed by atoms with Crippen LogP contribution < -0.4 is 5.32 Å². The second kappa shape index (κ2) is 6.74. The van der Waals surface area contributed by atoms with Gasteiger partial charge in [0.15, 0.2) is 0 Å². The van der Waals surface area contributed by atoms with Crippen molar-refractivity contribution < 1.29 is 9.32 Å². The Bertz CT molecular complexity index is 1190. The molecule has 0 fully saturated rings. The lowest BCUT2D eigenvalue weighted by molar-refractivity contribution is 0.0924. The van der Waals surface area contributed by atoms with Crippen molar-refractivity contribution in [2.75, 3.05) is 0 Å². The number of nitrogens with one attached hydrogen (secondary N) is 1. The SMILES string of the molecule is Cc1cc(C(=O)N[C@@H](c2nc3ccccc3n2C)C(C)C)c2c(C)noc2n1. The molecule has 0 aliphatic carbocycles. The molecular weight excluding hydrogens is 354 g/mol. The summed E-state index contributed by atoms with van der Waals surface area (Å²) in [6, 6.07) is 9.49. The van der Waals surface area contributed by atoms with Crippen LogP contribution in [0.4, 0.5) is 0 Å². The maximum Gasteiger partial charge on any atom is 0.258 e. The number of fused-ring (bicyclic) bond motifs is 2. The molecule has 7 heteroatoms. The number of aryl methyl sites for hydroxylation is 3. The van der Waals surface area contributed by atoms with Crippen molar-refractivity contribution in [3.8, 4) is 0 Å². The Morgan fingerprint density at radius 2 is 1.93 bits per heavy atom. The van der Waals surface area contributed by atoms with Crippen molar-refractivity contribution in [2.45, 2.75) is 33.7 Å². The van der Waals surface area contributed by atoms with Crippen molar-refractivity contribution >= 4 is 28.0 Å². The Kier molecular flexibility index (Phi) is 4.37. The number of rotatable bonds is 4. The lowest BCUT2D eigenvalue weighted by Crippen LogP contribution is -2.33. The first kappa shape index (κ1) is 18.2. The van der Waals surface area contributed by atoms with Crippen LogP contribution in [0.5, 0.6) is 0 Å². The number of benzene rings is 1. The third kappa shape index (κ3) is 2.93. The predicted octanol–water partition coefficient (Wildman–Crippen LogP) is 3.85. The maximum absolute atomic E-state index is 13.2. The average Bonchev–Trinajstić information content (AvgIpc) is 3.19. The van der Waals surface area contributed by atoms with Crippen LogP contribution in [-0.4, -0.2) is 25.6 Å². The minimum Gasteiger partial charge on any atom is -0.342 e. The van der Waals surface area contributed by atoms with E-state index in [1.165, 1.54) is 0 Å². The van der Waals surface area contributed by atoms with E-state index in [1.807, 2.05) is 49.7 Å². The molecule has 28 heavy (non-hydrogen) atoms. The molecule has 0 saturated carbocycles. The van der Waals surface area contributed by atoms with Crippen molar-refractivity contribution in [2.24, 2.45) is 13.0 Å². The van der Waals surface area contributed by atoms with Crippen molar-refractivity contribution in [1.82, 2.24) is 25.0 Å². The predicted molar refractivity (Wildman–Crippen MR) is 107 cm³/mol. The topological polar surface area (TPSA) is 85.8 Å². The molecule has 1 amide bonds. The number of hydrogen-bond donors (Lipinski definition) is 1. The molecule has 0 spiro atoms. The first-order valence-electron chi connectivity index (χ1n) is 9.32. The van der Waals surface area contributed by atoms with E-state index in [9.17, 15) is 4.79 Å². The zero-order valence-corrected chi connectivity index (χ0v) is 16.6. The summed E-state index contributed by atoms with van der Waals surface area (Å²) in [5.41, 5.74) is 4.21. The summed E-state index contributed by atoms with van der Waals surface area (Å²) < 4.78 is 7.30. The Labute approximate surface area is 162 Å². The molecular formula is C21H23N5O2. The van der Waals surface area contributed by atoms with Gasteiger partial charge in [-0.1, -0.05) is 31.1 Å². The molecule has 0 saturated heterocycles. The summed E-state index contributed by atoms with van der Waals surface area (Å²) in [5, 5.41) is 7.78. The zero-order chi connectivity index (χ0) is 20.0. The first-order valence-corrected chi connectivity index (χ1v) is 9.32. The lowest BCUT2D eigenvalue weighted by atomic mass is 10.0. The monoisotopic (exact) mass is 377 g/mol. The minimum absolute atomic E-state index is 0.154. The van der Waals surface area contributed by atoms with Gasteiger partial charge >= 0.3 is 0 Å². The quantitative estimate of drug-likeness (QED) is 0.584. The molecule has 144 valence electrons. The Morgan fingerprint density at radius 1 is 1.18 bits per heavy atom. The second-order valence-corrected chi connectivity index (χ2v) is 7.47. The minimum atomic E-state index is -0.242. The third-order valence-electron chi connectivity index (χ3n) is 5.04. The van der Waals surface area contributed by atoms with Gasteiger partial charge in [-0.2, -0.15) is 0 Å². The van der Waals surface area contributed by atoms with Crippen LogP contribution in [0.3, 0.4) is 0 Å². The smallest absolute Gasteiger partial charge is 0.258 e. The normalized spacial score (nSPS) is 12.8. The Morgan fingerprint density at radius 3 is 2.64 bits per heavy atom. The van der Waals surface area contributed by atoms with Gasteiger partial charge in [0.2, 0.25) is 0 Å². The van der Waals surface area contributed by atoms with E-state index in [0.717, 1.165) is 16.9 Å². The number of carbonyl (C=O) groups excluding carboxylic acids is 1. The number of nitrogens with zero attached hydrogens (tertiary/aromatic N) is 4. The van der Waals surface area contributed by atoms with Gasteiger partial charge < -0.3 is 14.4 Å². The van der Waals surface area contributed by atoms with Gasteiger partial charge in [0.1, 0.15) is 5.82 Å². The summed E-state index contributed by atoms with van der Waals surface area (Å²) in [6.45, 7) is 7.79. The van der Waals surface area contributed by atoms with Crippen molar-refractivity contribution in [3.05, 3.63) is 53.1 Å². The molecule has 0 radical (unpaired) electrons. The molecule has 0 aliphatic rings. The highest BCUT2D eigenvalue weighted by atomic mass is 16.5. The van der Waals surface area contributed by atoms with Gasteiger partial charge in [0.05, 0.1) is 33.7 Å². The van der Waals surface area contributed by atoms with Crippen LogP contribution in [0.1, 0.15) is 47.5 Å². The first-order chi connectivity index (χ1) is 13.4. The largest absolute Gasteiger partial charge is 0.342 e. The lowest BCUT2D eigenvalue weighted by Gasteiger charge is -2.22. The van der Waals surface area contributed by atoms with Crippen molar-refractivity contribution in [1.29, 1.82) is 0 Å². The Balaban J connectivity index is 1.76. The molecule has 0 aliphatic heterocycles. The van der Waals surface area contributed by atoms with Crippen molar-refractivity contribution in [3.63, 3.8) is 0 Å². The number of aromatic nitrogens is 4. The van der Waals surface area contributed by atoms with Crippen LogP contribution in [0.2, 0.25) is 0 Å². The average molecular weight is 377 g/mol. The second-order valence-electron chi connectivity index (χ2n) is 7.47. The fourth-order valence-electron chi connectivity index (χ4n) is 3.59. The Hall–Kier alpha value is -3.22. The summed E-state index contributed by atoms with van der Waals surface area (Å²) in [5.74, 6) is 0.794. The third-order valence-corrected chi connectivity index (χ3v) is 5.04. The molecule has 1 aromatic carbocycles. The van der Waals surface area contributed by atoms with E-state index in [-0.39, 0.29) is 17.9 Å². The number of hydrogen-bond acceptors (Lipinski definition) is 5. The van der Waals surface area contributed by atoms with Gasteiger partial charge in [-0.15, -0.1) is 0 Å². The number of carbonyl (C=O) groups is 1. The van der Waals surface area contributed by atoms with E-state index in [0.29, 0.717) is 28.1 Å². The maximum atomic E-state index is 13.2. The molecule has 4 rings (SSSR count). The molecule has 3 heterocycles. The molecule has 4 aromatic rings. The standard InChI is InChI=1S/C21H23N5O2/c1-11(2)18(19-23-15-8-6-7-9-16(15)26(19)5)24-20(27)14-10-12(3)22-21-17(14)13(4)25-28-21/h6-11,18H,1-5H3,(H,24,27)/t18-/m1/s1. The van der Waals surface area contributed by atoms with Crippen LogP contribution >= 0.6 is 0 Å². The van der Waals surface area contributed by atoms with E-state index < -0.39 is 0 Å². The molecule has 0 unspecified atom stereocenters. The molecule has 3 aromatic heterocycles. The summed E-state index contributed by atoms with van der Waals surface area (Å²) in [7, 11) is 1.98. The van der Waals surface area contributed by atoms with Gasteiger partial charge in [-0.3, -0.25) is 4.79 Å². The van der Waals surface area contributed by atoms with Gasteiger partial charge in [0, 0.05) is 12.7 Å². The molecule has 7 nitrogen and oxygen atoms in total. The molecule has 0 bridgehead atoms. The summed E-state index contributed by atoms with van der Waals surface area (Å²) in [4.78, 5) is 22.3. The van der Waals surface area contributed by atoms with Crippen LogP contribution in [-0.2, 0) is 7.05 Å². The van der Waals surface area contributed by atoms with Crippen LogP contribution in [0.25, 0.3) is 22.1 Å². The highest BCUT2D eigenvalue weighted by Crippen LogP contribution is 2.27. The summed E-state index contributed by atoms with van der Waals surface area (Å²) >= 11 is 0. The fourth-order valence-corrected chi connectivity index (χ4v) is 3.59. The van der Waals surface area contributed by atoms with Gasteiger partial charge in [-0.25, -0.2) is 9.97 Å². The molecule has 1 N–H and O–H groups in total. The zero-order valence-electron chi connectivity index (χ0n) is 16.6. The number of pyridine rings is 1. The highest BCUT2D eigenvalue weighted by Gasteiger charge is 2.26. The van der Waals surface area contributed by atoms with E-state index in [2.05, 4.69) is 29.3 Å². The highest BCUT2D eigenvalue weighted by molar-refractivity contribution is 6.06. The number of amides is 1. The number of para-hydroxylation sites is 2. The summed E-state index contributed by atoms with van der Waals surface area (Å²) in [6.07, 6.45) is 0. The number of imidazole rings is 1.